The third-order valence-electron chi connectivity index (χ3n) is 2.83. The Morgan fingerprint density at radius 3 is 2.89 bits per heavy atom. The van der Waals surface area contributed by atoms with E-state index in [1.54, 1.807) is 7.11 Å². The molecule has 0 bridgehead atoms. The van der Waals surface area contributed by atoms with Crippen LogP contribution in [0.15, 0.2) is 18.5 Å². The van der Waals surface area contributed by atoms with E-state index in [2.05, 4.69) is 19.2 Å². The van der Waals surface area contributed by atoms with Gasteiger partial charge in [0.05, 0.1) is 6.61 Å². The van der Waals surface area contributed by atoms with Crippen LogP contribution >= 0.6 is 0 Å². The molecule has 0 saturated carbocycles. The number of nitrogens with zero attached hydrogens (tertiary/aromatic N) is 1. The second kappa shape index (κ2) is 7.18. The summed E-state index contributed by atoms with van der Waals surface area (Å²) in [6.07, 6.45) is 3.81. The molecule has 18 heavy (non-hydrogen) atoms. The molecule has 0 aliphatic carbocycles. The van der Waals surface area contributed by atoms with Gasteiger partial charge in [-0.1, -0.05) is 13.8 Å². The minimum absolute atomic E-state index is 0.0165. The van der Waals surface area contributed by atoms with E-state index in [1.165, 1.54) is 0 Å². The van der Waals surface area contributed by atoms with Gasteiger partial charge in [-0.05, 0) is 17.5 Å². The van der Waals surface area contributed by atoms with E-state index in [4.69, 9.17) is 10.5 Å². The van der Waals surface area contributed by atoms with E-state index in [9.17, 15) is 4.79 Å². The molecule has 0 aliphatic rings. The van der Waals surface area contributed by atoms with Crippen LogP contribution in [0.25, 0.3) is 0 Å². The van der Waals surface area contributed by atoms with E-state index in [0.29, 0.717) is 25.6 Å². The Hall–Kier alpha value is -1.33. The largest absolute Gasteiger partial charge is 0.383 e. The average Bonchev–Trinajstić information content (AvgIpc) is 2.76. The van der Waals surface area contributed by atoms with Gasteiger partial charge >= 0.3 is 0 Å². The van der Waals surface area contributed by atoms with Gasteiger partial charge in [0.2, 0.25) is 5.91 Å². The van der Waals surface area contributed by atoms with Crippen LogP contribution in [0.3, 0.4) is 0 Å². The van der Waals surface area contributed by atoms with Crippen LogP contribution in [-0.4, -0.2) is 30.7 Å². The molecule has 1 aromatic heterocycles. The maximum atomic E-state index is 11.6. The molecule has 0 radical (unpaired) electrons. The SMILES string of the molecule is COCCNC(=O)Cn1ccc(C(N)C(C)C)c1. The van der Waals surface area contributed by atoms with Gasteiger partial charge in [-0.15, -0.1) is 0 Å². The zero-order valence-corrected chi connectivity index (χ0v) is 11.3. The smallest absolute Gasteiger partial charge is 0.239 e. The molecule has 0 aliphatic heterocycles. The van der Waals surface area contributed by atoms with E-state index in [0.717, 1.165) is 5.56 Å². The molecular weight excluding hydrogens is 230 g/mol. The van der Waals surface area contributed by atoms with Crippen LogP contribution in [-0.2, 0) is 16.1 Å². The molecule has 0 spiro atoms. The lowest BCUT2D eigenvalue weighted by Crippen LogP contribution is -2.30. The van der Waals surface area contributed by atoms with Gasteiger partial charge in [0.1, 0.15) is 6.54 Å². The highest BCUT2D eigenvalue weighted by atomic mass is 16.5. The molecule has 0 saturated heterocycles. The number of nitrogens with two attached hydrogens (primary N) is 1. The summed E-state index contributed by atoms with van der Waals surface area (Å²) in [6, 6.07) is 1.98. The Morgan fingerprint density at radius 1 is 1.56 bits per heavy atom. The first kappa shape index (κ1) is 14.7. The van der Waals surface area contributed by atoms with Crippen LogP contribution in [0.5, 0.6) is 0 Å². The second-order valence-corrected chi connectivity index (χ2v) is 4.73. The number of ether oxygens (including phenoxy) is 1. The fraction of sp³-hybridized carbons (Fsp3) is 0.615. The Morgan fingerprint density at radius 2 is 2.28 bits per heavy atom. The van der Waals surface area contributed by atoms with Crippen molar-refractivity contribution in [3.8, 4) is 0 Å². The summed E-state index contributed by atoms with van der Waals surface area (Å²) in [4.78, 5) is 11.6. The molecule has 3 N–H and O–H groups in total. The van der Waals surface area contributed by atoms with E-state index >= 15 is 0 Å². The lowest BCUT2D eigenvalue weighted by atomic mass is 10.00. The number of carbonyl (C=O) groups is 1. The molecule has 1 rings (SSSR count). The van der Waals surface area contributed by atoms with Crippen LogP contribution in [0, 0.1) is 5.92 Å². The Labute approximate surface area is 108 Å². The molecule has 0 aromatic carbocycles. The molecule has 1 heterocycles. The van der Waals surface area contributed by atoms with Crippen molar-refractivity contribution in [3.63, 3.8) is 0 Å². The molecule has 1 aromatic rings. The highest BCUT2D eigenvalue weighted by molar-refractivity contribution is 5.75. The molecule has 102 valence electrons. The maximum absolute atomic E-state index is 11.6. The molecule has 0 fully saturated rings. The van der Waals surface area contributed by atoms with Crippen LogP contribution in [0.2, 0.25) is 0 Å². The standard InChI is InChI=1S/C13H23N3O2/c1-10(2)13(14)11-4-6-16(8-11)9-12(17)15-5-7-18-3/h4,6,8,10,13H,5,7,9,14H2,1-3H3,(H,15,17). The number of hydrogen-bond acceptors (Lipinski definition) is 3. The molecular formula is C13H23N3O2. The number of hydrogen-bond donors (Lipinski definition) is 2. The third kappa shape index (κ3) is 4.50. The van der Waals surface area contributed by atoms with Gasteiger partial charge in [-0.2, -0.15) is 0 Å². The first-order valence-corrected chi connectivity index (χ1v) is 6.21. The zero-order valence-electron chi connectivity index (χ0n) is 11.3. The Balaban J connectivity index is 2.46. The van der Waals surface area contributed by atoms with Crippen molar-refractivity contribution in [3.05, 3.63) is 24.0 Å². The Bertz CT molecular complexity index is 374. The molecule has 1 unspecified atom stereocenters. The van der Waals surface area contributed by atoms with Gasteiger partial charge < -0.3 is 20.4 Å². The predicted octanol–water partition coefficient (Wildman–Crippen LogP) is 0.906. The van der Waals surface area contributed by atoms with Gasteiger partial charge in [0, 0.05) is 32.1 Å². The normalized spacial score (nSPS) is 12.7. The first-order valence-electron chi connectivity index (χ1n) is 6.21. The second-order valence-electron chi connectivity index (χ2n) is 4.73. The van der Waals surface area contributed by atoms with Crippen LogP contribution < -0.4 is 11.1 Å². The van der Waals surface area contributed by atoms with Crippen molar-refractivity contribution in [2.75, 3.05) is 20.3 Å². The van der Waals surface area contributed by atoms with Gasteiger partial charge in [0.25, 0.3) is 0 Å². The van der Waals surface area contributed by atoms with Crippen molar-refractivity contribution in [2.24, 2.45) is 11.7 Å². The fourth-order valence-electron chi connectivity index (χ4n) is 1.65. The van der Waals surface area contributed by atoms with E-state index in [1.807, 2.05) is 23.0 Å². The van der Waals surface area contributed by atoms with E-state index in [-0.39, 0.29) is 11.9 Å². The topological polar surface area (TPSA) is 69.3 Å². The quantitative estimate of drug-likeness (QED) is 0.710. The van der Waals surface area contributed by atoms with Gasteiger partial charge in [0.15, 0.2) is 0 Å². The monoisotopic (exact) mass is 253 g/mol. The number of nitrogens with one attached hydrogen (secondary N) is 1. The molecule has 5 nitrogen and oxygen atoms in total. The van der Waals surface area contributed by atoms with Crippen molar-refractivity contribution in [2.45, 2.75) is 26.4 Å². The van der Waals surface area contributed by atoms with Crippen LogP contribution in [0.1, 0.15) is 25.5 Å². The van der Waals surface area contributed by atoms with Crippen molar-refractivity contribution < 1.29 is 9.53 Å². The lowest BCUT2D eigenvalue weighted by molar-refractivity contribution is -0.121. The maximum Gasteiger partial charge on any atom is 0.239 e. The third-order valence-corrected chi connectivity index (χ3v) is 2.83. The minimum Gasteiger partial charge on any atom is -0.383 e. The van der Waals surface area contributed by atoms with Gasteiger partial charge in [-0.3, -0.25) is 4.79 Å². The lowest BCUT2D eigenvalue weighted by Gasteiger charge is -2.13. The summed E-state index contributed by atoms with van der Waals surface area (Å²) in [7, 11) is 1.61. The van der Waals surface area contributed by atoms with Gasteiger partial charge in [-0.25, -0.2) is 0 Å². The summed E-state index contributed by atoms with van der Waals surface area (Å²) in [6.45, 7) is 5.54. The number of rotatable bonds is 7. The summed E-state index contributed by atoms with van der Waals surface area (Å²) >= 11 is 0. The first-order chi connectivity index (χ1) is 8.54. The number of aromatic nitrogens is 1. The predicted molar refractivity (Wildman–Crippen MR) is 71.1 cm³/mol. The average molecular weight is 253 g/mol. The molecule has 1 atom stereocenters. The number of methoxy groups -OCH3 is 1. The highest BCUT2D eigenvalue weighted by Gasteiger charge is 2.12. The number of carbonyl (C=O) groups excluding carboxylic acids is 1. The summed E-state index contributed by atoms with van der Waals surface area (Å²) in [5, 5.41) is 2.78. The summed E-state index contributed by atoms with van der Waals surface area (Å²) in [5.74, 6) is 0.365. The van der Waals surface area contributed by atoms with Crippen LogP contribution in [0.4, 0.5) is 0 Å². The molecule has 1 amide bonds. The zero-order chi connectivity index (χ0) is 13.5. The van der Waals surface area contributed by atoms with Crippen molar-refractivity contribution in [1.29, 1.82) is 0 Å². The highest BCUT2D eigenvalue weighted by Crippen LogP contribution is 2.18. The van der Waals surface area contributed by atoms with Crippen molar-refractivity contribution >= 4 is 5.91 Å². The fourth-order valence-corrected chi connectivity index (χ4v) is 1.65. The Kier molecular flexibility index (Phi) is 5.88. The van der Waals surface area contributed by atoms with Crippen molar-refractivity contribution in [1.82, 2.24) is 9.88 Å². The van der Waals surface area contributed by atoms with E-state index < -0.39 is 0 Å². The number of amides is 1. The summed E-state index contributed by atoms with van der Waals surface area (Å²) < 4.78 is 6.71. The minimum atomic E-state index is -0.0210. The summed E-state index contributed by atoms with van der Waals surface area (Å²) in [5.41, 5.74) is 7.11. The molecule has 5 heteroatoms.